The minimum Gasteiger partial charge on any atom is -0.396 e. The van der Waals surface area contributed by atoms with Crippen LogP contribution >= 0.6 is 0 Å². The third-order valence-electron chi connectivity index (χ3n) is 5.34. The van der Waals surface area contributed by atoms with Crippen molar-refractivity contribution >= 4 is 0 Å². The van der Waals surface area contributed by atoms with Crippen LogP contribution in [0.5, 0.6) is 0 Å². The number of aliphatic hydroxyl groups is 2. The summed E-state index contributed by atoms with van der Waals surface area (Å²) in [6.07, 6.45) is 6.10. The summed E-state index contributed by atoms with van der Waals surface area (Å²) in [5, 5.41) is 24.8. The van der Waals surface area contributed by atoms with Crippen molar-refractivity contribution in [1.82, 2.24) is 14.7 Å². The lowest BCUT2D eigenvalue weighted by Gasteiger charge is -2.45. The van der Waals surface area contributed by atoms with Crippen LogP contribution in [0.3, 0.4) is 0 Å². The van der Waals surface area contributed by atoms with E-state index in [1.54, 1.807) is 0 Å². The second-order valence-electron chi connectivity index (χ2n) is 7.42. The Labute approximate surface area is 149 Å². The standard InChI is InChI=1S/C20H29N3O2/c1-3-8-20(15-24)14-22(9-7-19(20)25)12-17-11-21-23(13-17)18-6-4-5-16(2)10-18/h4-6,10-11,13,19,24-25H,3,7-9,12,14-15H2,1-2H3/t19-,20+/m1/s1. The number of nitrogens with zero attached hydrogens (tertiary/aromatic N) is 3. The maximum absolute atomic E-state index is 10.4. The van der Waals surface area contributed by atoms with Crippen LogP contribution in [0.4, 0.5) is 0 Å². The first kappa shape index (κ1) is 18.1. The molecule has 1 aliphatic rings. The molecular weight excluding hydrogens is 314 g/mol. The second kappa shape index (κ2) is 7.68. The molecule has 5 heteroatoms. The minimum absolute atomic E-state index is 0.0427. The average molecular weight is 343 g/mol. The Morgan fingerprint density at radius 1 is 1.36 bits per heavy atom. The van der Waals surface area contributed by atoms with E-state index in [1.165, 1.54) is 5.56 Å². The topological polar surface area (TPSA) is 61.5 Å². The number of rotatable bonds is 6. The number of piperidine rings is 1. The molecule has 1 saturated heterocycles. The average Bonchev–Trinajstić information content (AvgIpc) is 3.06. The highest BCUT2D eigenvalue weighted by Crippen LogP contribution is 2.35. The zero-order chi connectivity index (χ0) is 17.9. The predicted octanol–water partition coefficient (Wildman–Crippen LogP) is 2.53. The summed E-state index contributed by atoms with van der Waals surface area (Å²) in [5.74, 6) is 0. The first-order valence-corrected chi connectivity index (χ1v) is 9.18. The number of benzene rings is 1. The highest BCUT2D eigenvalue weighted by Gasteiger charge is 2.41. The quantitative estimate of drug-likeness (QED) is 0.846. The molecule has 136 valence electrons. The first-order valence-electron chi connectivity index (χ1n) is 9.18. The van der Waals surface area contributed by atoms with E-state index in [2.05, 4.69) is 48.2 Å². The van der Waals surface area contributed by atoms with Gasteiger partial charge in [0, 0.05) is 36.8 Å². The van der Waals surface area contributed by atoms with Crippen molar-refractivity contribution in [1.29, 1.82) is 0 Å². The van der Waals surface area contributed by atoms with Gasteiger partial charge in [0.1, 0.15) is 0 Å². The van der Waals surface area contributed by atoms with Gasteiger partial charge in [-0.15, -0.1) is 0 Å². The van der Waals surface area contributed by atoms with E-state index in [4.69, 9.17) is 0 Å². The lowest BCUT2D eigenvalue weighted by atomic mass is 9.74. The molecule has 1 aromatic carbocycles. The number of aliphatic hydroxyl groups excluding tert-OH is 2. The minimum atomic E-state index is -0.413. The number of hydrogen-bond donors (Lipinski definition) is 2. The van der Waals surface area contributed by atoms with Crippen LogP contribution < -0.4 is 0 Å². The first-order chi connectivity index (χ1) is 12.1. The molecule has 25 heavy (non-hydrogen) atoms. The molecule has 1 aromatic heterocycles. The van der Waals surface area contributed by atoms with Gasteiger partial charge in [-0.3, -0.25) is 4.90 Å². The number of hydrogen-bond acceptors (Lipinski definition) is 4. The zero-order valence-electron chi connectivity index (χ0n) is 15.2. The molecule has 5 nitrogen and oxygen atoms in total. The lowest BCUT2D eigenvalue weighted by molar-refractivity contribution is -0.0819. The van der Waals surface area contributed by atoms with Gasteiger partial charge in [0.25, 0.3) is 0 Å². The third-order valence-corrected chi connectivity index (χ3v) is 5.34. The maximum atomic E-state index is 10.4. The van der Waals surface area contributed by atoms with Gasteiger partial charge in [-0.1, -0.05) is 25.5 Å². The second-order valence-corrected chi connectivity index (χ2v) is 7.42. The number of aryl methyl sites for hydroxylation is 1. The highest BCUT2D eigenvalue weighted by molar-refractivity contribution is 5.35. The number of likely N-dealkylation sites (tertiary alicyclic amines) is 1. The van der Waals surface area contributed by atoms with Crippen molar-refractivity contribution in [3.05, 3.63) is 47.8 Å². The summed E-state index contributed by atoms with van der Waals surface area (Å²) in [4.78, 5) is 2.33. The molecular formula is C20H29N3O2. The summed E-state index contributed by atoms with van der Waals surface area (Å²) in [6, 6.07) is 8.29. The molecule has 2 heterocycles. The van der Waals surface area contributed by atoms with E-state index in [0.717, 1.165) is 43.7 Å². The van der Waals surface area contributed by atoms with Crippen molar-refractivity contribution in [2.75, 3.05) is 19.7 Å². The van der Waals surface area contributed by atoms with Gasteiger partial charge in [-0.2, -0.15) is 5.10 Å². The molecule has 0 spiro atoms. The molecule has 1 aliphatic heterocycles. The normalized spacial score (nSPS) is 24.6. The number of aromatic nitrogens is 2. The van der Waals surface area contributed by atoms with Gasteiger partial charge in [-0.25, -0.2) is 4.68 Å². The zero-order valence-corrected chi connectivity index (χ0v) is 15.2. The van der Waals surface area contributed by atoms with Crippen LogP contribution in [0, 0.1) is 12.3 Å². The monoisotopic (exact) mass is 343 g/mol. The Balaban J connectivity index is 1.70. The Bertz CT molecular complexity index is 700. The van der Waals surface area contributed by atoms with E-state index in [9.17, 15) is 10.2 Å². The van der Waals surface area contributed by atoms with Crippen molar-refractivity contribution in [2.45, 2.75) is 45.8 Å². The maximum Gasteiger partial charge on any atom is 0.0648 e. The van der Waals surface area contributed by atoms with Gasteiger partial charge in [-0.05, 0) is 37.5 Å². The van der Waals surface area contributed by atoms with Gasteiger partial charge in [0.05, 0.1) is 24.6 Å². The SMILES string of the molecule is CCC[C@@]1(CO)CN(Cc2cnn(-c3cccc(C)c3)c2)CC[C@H]1O. The van der Waals surface area contributed by atoms with Crippen LogP contribution in [0.2, 0.25) is 0 Å². The molecule has 3 rings (SSSR count). The van der Waals surface area contributed by atoms with Gasteiger partial charge < -0.3 is 10.2 Å². The smallest absolute Gasteiger partial charge is 0.0648 e. The van der Waals surface area contributed by atoms with Crippen LogP contribution in [-0.4, -0.2) is 50.7 Å². The van der Waals surface area contributed by atoms with Crippen molar-refractivity contribution in [2.24, 2.45) is 5.41 Å². The molecule has 0 amide bonds. The molecule has 1 fully saturated rings. The summed E-state index contributed by atoms with van der Waals surface area (Å²) in [5.41, 5.74) is 3.05. The van der Waals surface area contributed by atoms with Gasteiger partial charge in [0.15, 0.2) is 0 Å². The Morgan fingerprint density at radius 2 is 2.20 bits per heavy atom. The van der Waals surface area contributed by atoms with Crippen molar-refractivity contribution in [3.63, 3.8) is 0 Å². The summed E-state index contributed by atoms with van der Waals surface area (Å²) < 4.78 is 1.91. The molecule has 0 bridgehead atoms. The molecule has 0 saturated carbocycles. The van der Waals surface area contributed by atoms with Crippen LogP contribution in [0.1, 0.15) is 37.3 Å². The van der Waals surface area contributed by atoms with Crippen LogP contribution in [-0.2, 0) is 6.54 Å². The van der Waals surface area contributed by atoms with Crippen LogP contribution in [0.15, 0.2) is 36.7 Å². The van der Waals surface area contributed by atoms with E-state index >= 15 is 0 Å². The Morgan fingerprint density at radius 3 is 2.92 bits per heavy atom. The van der Waals surface area contributed by atoms with Crippen molar-refractivity contribution in [3.8, 4) is 5.69 Å². The fraction of sp³-hybridized carbons (Fsp3) is 0.550. The summed E-state index contributed by atoms with van der Waals surface area (Å²) >= 11 is 0. The molecule has 2 aromatic rings. The molecule has 0 radical (unpaired) electrons. The van der Waals surface area contributed by atoms with E-state index in [-0.39, 0.29) is 12.0 Å². The van der Waals surface area contributed by atoms with E-state index in [0.29, 0.717) is 6.42 Å². The molecule has 2 atom stereocenters. The lowest BCUT2D eigenvalue weighted by Crippen LogP contribution is -2.53. The molecule has 0 unspecified atom stereocenters. The summed E-state index contributed by atoms with van der Waals surface area (Å²) in [6.45, 7) is 6.60. The highest BCUT2D eigenvalue weighted by atomic mass is 16.3. The largest absolute Gasteiger partial charge is 0.396 e. The predicted molar refractivity (Wildman–Crippen MR) is 98.6 cm³/mol. The Hall–Kier alpha value is -1.69. The fourth-order valence-corrected chi connectivity index (χ4v) is 3.97. The fourth-order valence-electron chi connectivity index (χ4n) is 3.97. The van der Waals surface area contributed by atoms with E-state index in [1.807, 2.05) is 16.9 Å². The van der Waals surface area contributed by atoms with Gasteiger partial charge >= 0.3 is 0 Å². The van der Waals surface area contributed by atoms with Gasteiger partial charge in [0.2, 0.25) is 0 Å². The third kappa shape index (κ3) is 3.94. The molecule has 0 aliphatic carbocycles. The summed E-state index contributed by atoms with van der Waals surface area (Å²) in [7, 11) is 0. The molecule has 2 N–H and O–H groups in total. The Kier molecular flexibility index (Phi) is 5.57. The van der Waals surface area contributed by atoms with Crippen LogP contribution in [0.25, 0.3) is 5.69 Å². The van der Waals surface area contributed by atoms with E-state index < -0.39 is 6.10 Å². The van der Waals surface area contributed by atoms with Crippen molar-refractivity contribution < 1.29 is 10.2 Å².